The highest BCUT2D eigenvalue weighted by Crippen LogP contribution is 2.23. The summed E-state index contributed by atoms with van der Waals surface area (Å²) in [7, 11) is 0. The predicted octanol–water partition coefficient (Wildman–Crippen LogP) is 4.14. The van der Waals surface area contributed by atoms with Crippen LogP contribution in [0.2, 0.25) is 0 Å². The molecule has 22 heavy (non-hydrogen) atoms. The monoisotopic (exact) mass is 304 g/mol. The lowest BCUT2D eigenvalue weighted by Crippen LogP contribution is -2.22. The minimum Gasteiger partial charge on any atom is -0.376 e. The van der Waals surface area contributed by atoms with E-state index in [4.69, 9.17) is 0 Å². The van der Waals surface area contributed by atoms with Crippen LogP contribution >= 0.6 is 0 Å². The van der Waals surface area contributed by atoms with E-state index in [1.165, 1.54) is 6.07 Å². The molecule has 0 aromatic heterocycles. The van der Waals surface area contributed by atoms with Crippen molar-refractivity contribution < 1.29 is 13.6 Å². The molecule has 0 unspecified atom stereocenters. The summed E-state index contributed by atoms with van der Waals surface area (Å²) in [5, 5.41) is 5.58. The fourth-order valence-corrected chi connectivity index (χ4v) is 2.12. The van der Waals surface area contributed by atoms with Crippen molar-refractivity contribution in [1.29, 1.82) is 0 Å². The Bertz CT molecular complexity index is 671. The number of carbonyl (C=O) groups is 1. The minimum atomic E-state index is -0.990. The molecule has 0 bridgehead atoms. The van der Waals surface area contributed by atoms with Crippen LogP contribution in [0, 0.1) is 11.6 Å². The average molecular weight is 304 g/mol. The van der Waals surface area contributed by atoms with E-state index in [1.54, 1.807) is 0 Å². The van der Waals surface area contributed by atoms with E-state index in [0.717, 1.165) is 23.4 Å². The molecule has 0 fully saturated rings. The first-order valence-electron chi connectivity index (χ1n) is 7.05. The third-order valence-corrected chi connectivity index (χ3v) is 3.23. The first kappa shape index (κ1) is 15.9. The van der Waals surface area contributed by atoms with E-state index in [1.807, 2.05) is 24.3 Å². The number of carbonyl (C=O) groups excluding carboxylic acids is 1. The number of anilines is 2. The van der Waals surface area contributed by atoms with Gasteiger partial charge in [-0.15, -0.1) is 0 Å². The van der Waals surface area contributed by atoms with Gasteiger partial charge in [0.05, 0.1) is 6.54 Å². The second-order valence-corrected chi connectivity index (χ2v) is 5.27. The number of rotatable bonds is 5. The zero-order valence-electron chi connectivity index (χ0n) is 12.5. The van der Waals surface area contributed by atoms with Gasteiger partial charge in [0.25, 0.3) is 0 Å². The number of hydrogen-bond acceptors (Lipinski definition) is 2. The van der Waals surface area contributed by atoms with E-state index in [0.29, 0.717) is 5.92 Å². The molecule has 0 aliphatic carbocycles. The molecular formula is C17H18F2N2O. The summed E-state index contributed by atoms with van der Waals surface area (Å²) < 4.78 is 25.9. The maximum atomic E-state index is 13.1. The summed E-state index contributed by atoms with van der Waals surface area (Å²) in [4.78, 5) is 11.9. The van der Waals surface area contributed by atoms with Gasteiger partial charge in [-0.2, -0.15) is 0 Å². The minimum absolute atomic E-state index is 0.0444. The number of hydrogen-bond donors (Lipinski definition) is 2. The molecule has 0 spiro atoms. The zero-order chi connectivity index (χ0) is 16.1. The van der Waals surface area contributed by atoms with Gasteiger partial charge < -0.3 is 10.6 Å². The molecule has 2 aromatic rings. The lowest BCUT2D eigenvalue weighted by atomic mass is 10.0. The molecule has 5 heteroatoms. The third-order valence-electron chi connectivity index (χ3n) is 3.23. The van der Waals surface area contributed by atoms with Crippen LogP contribution in [-0.4, -0.2) is 12.5 Å². The Morgan fingerprint density at radius 1 is 1.09 bits per heavy atom. The molecule has 1 amide bonds. The smallest absolute Gasteiger partial charge is 0.243 e. The Labute approximate surface area is 128 Å². The van der Waals surface area contributed by atoms with E-state index in [-0.39, 0.29) is 18.1 Å². The summed E-state index contributed by atoms with van der Waals surface area (Å²) in [6, 6.07) is 11.0. The average Bonchev–Trinajstić information content (AvgIpc) is 2.49. The van der Waals surface area contributed by atoms with E-state index in [2.05, 4.69) is 24.5 Å². The van der Waals surface area contributed by atoms with Crippen molar-refractivity contribution in [3.63, 3.8) is 0 Å². The van der Waals surface area contributed by atoms with Crippen LogP contribution in [0.4, 0.5) is 20.2 Å². The lowest BCUT2D eigenvalue weighted by Gasteiger charge is -2.14. The van der Waals surface area contributed by atoms with Crippen LogP contribution in [0.15, 0.2) is 42.5 Å². The molecule has 2 rings (SSSR count). The van der Waals surface area contributed by atoms with Crippen molar-refractivity contribution in [3.8, 4) is 0 Å². The molecular weight excluding hydrogens is 286 g/mol. The van der Waals surface area contributed by atoms with Gasteiger partial charge in [-0.05, 0) is 29.7 Å². The molecule has 0 heterocycles. The Hall–Kier alpha value is -2.43. The number of benzene rings is 2. The van der Waals surface area contributed by atoms with Crippen molar-refractivity contribution in [2.75, 3.05) is 17.2 Å². The molecule has 2 N–H and O–H groups in total. The normalized spacial score (nSPS) is 10.6. The fourth-order valence-electron chi connectivity index (χ4n) is 2.12. The van der Waals surface area contributed by atoms with Crippen LogP contribution in [0.1, 0.15) is 25.3 Å². The first-order valence-corrected chi connectivity index (χ1v) is 7.05. The highest BCUT2D eigenvalue weighted by Gasteiger charge is 2.09. The van der Waals surface area contributed by atoms with Crippen LogP contribution in [0.3, 0.4) is 0 Å². The molecule has 116 valence electrons. The molecule has 0 radical (unpaired) electrons. The van der Waals surface area contributed by atoms with Crippen LogP contribution in [-0.2, 0) is 4.79 Å². The number of nitrogens with one attached hydrogen (secondary N) is 2. The van der Waals surface area contributed by atoms with Gasteiger partial charge in [0.2, 0.25) is 5.91 Å². The van der Waals surface area contributed by atoms with E-state index < -0.39 is 11.6 Å². The van der Waals surface area contributed by atoms with Crippen LogP contribution in [0.25, 0.3) is 0 Å². The number of amides is 1. The molecule has 0 saturated carbocycles. The number of halogens is 2. The largest absolute Gasteiger partial charge is 0.376 e. The van der Waals surface area contributed by atoms with Crippen LogP contribution in [0.5, 0.6) is 0 Å². The SMILES string of the molecule is CC(C)c1ccccc1NCC(=O)Nc1ccc(F)c(F)c1. The molecule has 0 aliphatic rings. The summed E-state index contributed by atoms with van der Waals surface area (Å²) in [5.74, 6) is -1.93. The van der Waals surface area contributed by atoms with E-state index in [9.17, 15) is 13.6 Å². The summed E-state index contributed by atoms with van der Waals surface area (Å²) in [5.41, 5.74) is 2.23. The fraction of sp³-hybridized carbons (Fsp3) is 0.235. The Balaban J connectivity index is 1.97. The summed E-state index contributed by atoms with van der Waals surface area (Å²) in [6.45, 7) is 4.19. The Kier molecular flexibility index (Phi) is 5.09. The summed E-state index contributed by atoms with van der Waals surface area (Å²) in [6.07, 6.45) is 0. The second kappa shape index (κ2) is 7.02. The highest BCUT2D eigenvalue weighted by atomic mass is 19.2. The molecule has 0 atom stereocenters. The van der Waals surface area contributed by atoms with Gasteiger partial charge in [-0.25, -0.2) is 8.78 Å². The Morgan fingerprint density at radius 2 is 1.82 bits per heavy atom. The van der Waals surface area contributed by atoms with E-state index >= 15 is 0 Å². The van der Waals surface area contributed by atoms with Crippen molar-refractivity contribution in [1.82, 2.24) is 0 Å². The molecule has 0 aliphatic heterocycles. The zero-order valence-corrected chi connectivity index (χ0v) is 12.5. The van der Waals surface area contributed by atoms with Crippen molar-refractivity contribution in [3.05, 3.63) is 59.7 Å². The van der Waals surface area contributed by atoms with Gasteiger partial charge in [-0.3, -0.25) is 4.79 Å². The van der Waals surface area contributed by atoms with Crippen molar-refractivity contribution in [2.24, 2.45) is 0 Å². The van der Waals surface area contributed by atoms with Gasteiger partial charge in [-0.1, -0.05) is 32.0 Å². The van der Waals surface area contributed by atoms with Crippen molar-refractivity contribution in [2.45, 2.75) is 19.8 Å². The lowest BCUT2D eigenvalue weighted by molar-refractivity contribution is -0.114. The van der Waals surface area contributed by atoms with Gasteiger partial charge in [0, 0.05) is 17.4 Å². The molecule has 0 saturated heterocycles. The maximum Gasteiger partial charge on any atom is 0.243 e. The number of para-hydroxylation sites is 1. The maximum absolute atomic E-state index is 13.1. The Morgan fingerprint density at radius 3 is 2.50 bits per heavy atom. The topological polar surface area (TPSA) is 41.1 Å². The highest BCUT2D eigenvalue weighted by molar-refractivity contribution is 5.93. The molecule has 2 aromatic carbocycles. The van der Waals surface area contributed by atoms with Gasteiger partial charge >= 0.3 is 0 Å². The van der Waals surface area contributed by atoms with Gasteiger partial charge in [0.15, 0.2) is 11.6 Å². The van der Waals surface area contributed by atoms with Gasteiger partial charge in [0.1, 0.15) is 0 Å². The van der Waals surface area contributed by atoms with Crippen LogP contribution < -0.4 is 10.6 Å². The standard InChI is InChI=1S/C17H18F2N2O/c1-11(2)13-5-3-4-6-16(13)20-10-17(22)21-12-7-8-14(18)15(19)9-12/h3-9,11,20H,10H2,1-2H3,(H,21,22). The predicted molar refractivity (Wildman–Crippen MR) is 84.0 cm³/mol. The second-order valence-electron chi connectivity index (χ2n) is 5.27. The molecule has 3 nitrogen and oxygen atoms in total. The first-order chi connectivity index (χ1) is 10.5. The van der Waals surface area contributed by atoms with Crippen molar-refractivity contribution >= 4 is 17.3 Å². The quantitative estimate of drug-likeness (QED) is 0.871. The third kappa shape index (κ3) is 4.04. The summed E-state index contributed by atoms with van der Waals surface area (Å²) >= 11 is 0.